The lowest BCUT2D eigenvalue weighted by Gasteiger charge is -2.23. The molecule has 110 valence electrons. The molecule has 1 aliphatic rings. The fraction of sp³-hybridized carbons (Fsp3) is 0.333. The normalized spacial score (nSPS) is 17.1. The molecule has 0 N–H and O–H groups in total. The first-order chi connectivity index (χ1) is 10.2. The summed E-state index contributed by atoms with van der Waals surface area (Å²) < 4.78 is 10.7. The molecular weight excluding hydrogens is 284 g/mol. The molecule has 3 heteroatoms. The summed E-state index contributed by atoms with van der Waals surface area (Å²) in [5.41, 5.74) is 2.46. The van der Waals surface area contributed by atoms with Crippen LogP contribution in [0.4, 0.5) is 0 Å². The van der Waals surface area contributed by atoms with Gasteiger partial charge in [0.15, 0.2) is 11.5 Å². The van der Waals surface area contributed by atoms with Gasteiger partial charge in [-0.05, 0) is 36.1 Å². The van der Waals surface area contributed by atoms with Crippen molar-refractivity contribution in [1.29, 1.82) is 0 Å². The number of alkyl halides is 1. The Hall–Kier alpha value is -1.67. The lowest BCUT2D eigenvalue weighted by atomic mass is 9.88. The zero-order chi connectivity index (χ0) is 14.9. The Bertz CT molecular complexity index is 620. The van der Waals surface area contributed by atoms with E-state index in [1.807, 2.05) is 24.3 Å². The first-order valence-electron chi connectivity index (χ1n) is 7.13. The van der Waals surface area contributed by atoms with Crippen LogP contribution < -0.4 is 9.47 Å². The largest absolute Gasteiger partial charge is 0.493 e. The van der Waals surface area contributed by atoms with E-state index in [4.69, 9.17) is 21.1 Å². The van der Waals surface area contributed by atoms with Gasteiger partial charge in [0.25, 0.3) is 0 Å². The second-order valence-corrected chi connectivity index (χ2v) is 5.94. The van der Waals surface area contributed by atoms with Crippen LogP contribution in [0.5, 0.6) is 11.5 Å². The molecule has 3 rings (SSSR count). The van der Waals surface area contributed by atoms with Crippen molar-refractivity contribution in [3.63, 3.8) is 0 Å². The fourth-order valence-corrected chi connectivity index (χ4v) is 3.40. The second kappa shape index (κ2) is 5.61. The summed E-state index contributed by atoms with van der Waals surface area (Å²) in [6.45, 7) is 0. The van der Waals surface area contributed by atoms with Crippen LogP contribution in [0.15, 0.2) is 48.5 Å². The van der Waals surface area contributed by atoms with Gasteiger partial charge in [0, 0.05) is 5.41 Å². The summed E-state index contributed by atoms with van der Waals surface area (Å²) in [5, 5.41) is -0.0558. The lowest BCUT2D eigenvalue weighted by Crippen LogP contribution is -2.14. The Kier molecular flexibility index (Phi) is 3.81. The Morgan fingerprint density at radius 3 is 2.19 bits per heavy atom. The molecule has 1 atom stereocenters. The molecular formula is C18H19ClO2. The van der Waals surface area contributed by atoms with E-state index < -0.39 is 0 Å². The van der Waals surface area contributed by atoms with Gasteiger partial charge in [0.05, 0.1) is 19.6 Å². The van der Waals surface area contributed by atoms with Gasteiger partial charge in [-0.1, -0.05) is 36.4 Å². The van der Waals surface area contributed by atoms with Crippen molar-refractivity contribution in [2.75, 3.05) is 14.2 Å². The minimum Gasteiger partial charge on any atom is -0.493 e. The molecule has 1 fully saturated rings. The highest BCUT2D eigenvalue weighted by atomic mass is 35.5. The summed E-state index contributed by atoms with van der Waals surface area (Å²) >= 11 is 6.82. The van der Waals surface area contributed by atoms with Gasteiger partial charge in [-0.3, -0.25) is 0 Å². The highest BCUT2D eigenvalue weighted by Crippen LogP contribution is 2.59. The average Bonchev–Trinajstić information content (AvgIpc) is 3.36. The molecule has 0 bridgehead atoms. The van der Waals surface area contributed by atoms with Gasteiger partial charge in [0.2, 0.25) is 0 Å². The van der Waals surface area contributed by atoms with E-state index in [-0.39, 0.29) is 10.8 Å². The molecule has 2 aromatic carbocycles. The molecule has 21 heavy (non-hydrogen) atoms. The Morgan fingerprint density at radius 1 is 0.952 bits per heavy atom. The number of hydrogen-bond acceptors (Lipinski definition) is 2. The van der Waals surface area contributed by atoms with Crippen LogP contribution in [-0.4, -0.2) is 14.2 Å². The molecule has 0 heterocycles. The molecule has 0 radical (unpaired) electrons. The number of benzene rings is 2. The predicted molar refractivity (Wildman–Crippen MR) is 85.5 cm³/mol. The van der Waals surface area contributed by atoms with Crippen molar-refractivity contribution in [2.45, 2.75) is 23.6 Å². The van der Waals surface area contributed by atoms with Crippen LogP contribution in [0.2, 0.25) is 0 Å². The number of methoxy groups -OCH3 is 2. The summed E-state index contributed by atoms with van der Waals surface area (Å²) in [6, 6.07) is 16.5. The maximum atomic E-state index is 6.82. The van der Waals surface area contributed by atoms with E-state index in [0.717, 1.165) is 29.9 Å². The van der Waals surface area contributed by atoms with E-state index in [1.54, 1.807) is 14.2 Å². The summed E-state index contributed by atoms with van der Waals surface area (Å²) in [7, 11) is 3.29. The first kappa shape index (κ1) is 14.3. The lowest BCUT2D eigenvalue weighted by molar-refractivity contribution is 0.354. The predicted octanol–water partition coefficient (Wildman–Crippen LogP) is 4.72. The second-order valence-electron chi connectivity index (χ2n) is 5.50. The minimum atomic E-state index is -0.0558. The molecule has 0 aromatic heterocycles. The number of halogens is 1. The Balaban J connectivity index is 1.94. The van der Waals surface area contributed by atoms with Crippen molar-refractivity contribution in [2.24, 2.45) is 0 Å². The zero-order valence-electron chi connectivity index (χ0n) is 12.3. The third-order valence-corrected chi connectivity index (χ3v) is 4.99. The van der Waals surface area contributed by atoms with E-state index in [2.05, 4.69) is 24.3 Å². The third kappa shape index (κ3) is 2.49. The van der Waals surface area contributed by atoms with Crippen molar-refractivity contribution in [1.82, 2.24) is 0 Å². The highest BCUT2D eigenvalue weighted by Gasteiger charge is 2.50. The third-order valence-electron chi connectivity index (χ3n) is 4.32. The first-order valence-corrected chi connectivity index (χ1v) is 7.56. The van der Waals surface area contributed by atoms with Crippen LogP contribution in [0.25, 0.3) is 0 Å². The maximum absolute atomic E-state index is 6.82. The van der Waals surface area contributed by atoms with E-state index in [9.17, 15) is 0 Å². The van der Waals surface area contributed by atoms with Crippen molar-refractivity contribution < 1.29 is 9.47 Å². The van der Waals surface area contributed by atoms with Crippen molar-refractivity contribution in [3.8, 4) is 11.5 Å². The number of ether oxygens (including phenoxy) is 2. The number of hydrogen-bond donors (Lipinski definition) is 0. The summed E-state index contributed by atoms with van der Waals surface area (Å²) in [5.74, 6) is 1.46. The molecule has 1 saturated carbocycles. The molecule has 1 unspecified atom stereocenters. The van der Waals surface area contributed by atoms with Crippen LogP contribution in [-0.2, 0) is 5.41 Å². The molecule has 2 aromatic rings. The van der Waals surface area contributed by atoms with E-state index in [1.165, 1.54) is 5.56 Å². The molecule has 2 nitrogen and oxygen atoms in total. The highest BCUT2D eigenvalue weighted by molar-refractivity contribution is 6.22. The minimum absolute atomic E-state index is 0.0558. The average molecular weight is 303 g/mol. The SMILES string of the molecule is COc1ccc(C(Cl)C2(c3ccccc3)CC2)cc1OC. The van der Waals surface area contributed by atoms with Gasteiger partial charge in [-0.15, -0.1) is 11.6 Å². The van der Waals surface area contributed by atoms with Crippen LogP contribution in [0.3, 0.4) is 0 Å². The molecule has 1 aliphatic carbocycles. The van der Waals surface area contributed by atoms with E-state index in [0.29, 0.717) is 0 Å². The van der Waals surface area contributed by atoms with Gasteiger partial charge in [-0.2, -0.15) is 0 Å². The van der Waals surface area contributed by atoms with Crippen molar-refractivity contribution in [3.05, 3.63) is 59.7 Å². The fourth-order valence-electron chi connectivity index (χ4n) is 2.92. The van der Waals surface area contributed by atoms with Gasteiger partial charge >= 0.3 is 0 Å². The van der Waals surface area contributed by atoms with Crippen LogP contribution in [0, 0.1) is 0 Å². The van der Waals surface area contributed by atoms with Crippen LogP contribution >= 0.6 is 11.6 Å². The molecule has 0 aliphatic heterocycles. The Morgan fingerprint density at radius 2 is 1.62 bits per heavy atom. The monoisotopic (exact) mass is 302 g/mol. The van der Waals surface area contributed by atoms with Gasteiger partial charge in [0.1, 0.15) is 0 Å². The standard InChI is InChI=1S/C18H19ClO2/c1-20-15-9-8-13(12-16(15)21-2)17(19)18(10-11-18)14-6-4-3-5-7-14/h3-9,12,17H,10-11H2,1-2H3. The summed E-state index contributed by atoms with van der Waals surface area (Å²) in [6.07, 6.45) is 2.25. The molecule has 0 amide bonds. The quantitative estimate of drug-likeness (QED) is 0.744. The van der Waals surface area contributed by atoms with Gasteiger partial charge in [-0.25, -0.2) is 0 Å². The van der Waals surface area contributed by atoms with Gasteiger partial charge < -0.3 is 9.47 Å². The smallest absolute Gasteiger partial charge is 0.161 e. The topological polar surface area (TPSA) is 18.5 Å². The maximum Gasteiger partial charge on any atom is 0.161 e. The Labute approximate surface area is 130 Å². The summed E-state index contributed by atoms with van der Waals surface area (Å²) in [4.78, 5) is 0. The zero-order valence-corrected chi connectivity index (χ0v) is 13.1. The number of rotatable bonds is 5. The molecule has 0 spiro atoms. The van der Waals surface area contributed by atoms with Crippen molar-refractivity contribution >= 4 is 11.6 Å². The van der Waals surface area contributed by atoms with Crippen LogP contribution in [0.1, 0.15) is 29.3 Å². The molecule has 0 saturated heterocycles. The van der Waals surface area contributed by atoms with E-state index >= 15 is 0 Å².